The van der Waals surface area contributed by atoms with Crippen LogP contribution < -0.4 is 25.6 Å². The first kappa shape index (κ1) is 26.0. The summed E-state index contributed by atoms with van der Waals surface area (Å²) in [6.07, 6.45) is 1.16. The quantitative estimate of drug-likeness (QED) is 0.258. The normalized spacial score (nSPS) is 10.6. The first-order chi connectivity index (χ1) is 17.2. The Balaban J connectivity index is 1.63. The third-order valence-corrected chi connectivity index (χ3v) is 6.28. The maximum absolute atomic E-state index is 12.8. The average Bonchev–Trinajstić information content (AvgIpc) is 2.90. The Kier molecular flexibility index (Phi) is 8.42. The van der Waals surface area contributed by atoms with Crippen LogP contribution in [-0.2, 0) is 21.4 Å². The van der Waals surface area contributed by atoms with E-state index in [-0.39, 0.29) is 34.2 Å². The zero-order valence-corrected chi connectivity index (χ0v) is 20.1. The number of hydrogen-bond donors (Lipinski definition) is 4. The van der Waals surface area contributed by atoms with Crippen molar-refractivity contribution in [3.8, 4) is 5.75 Å². The van der Waals surface area contributed by atoms with Crippen LogP contribution in [0.4, 0.5) is 5.69 Å². The van der Waals surface area contributed by atoms with Crippen LogP contribution in [0.5, 0.6) is 5.75 Å². The Morgan fingerprint density at radius 1 is 0.889 bits per heavy atom. The number of methoxy groups -OCH3 is 1. The van der Waals surface area contributed by atoms with Crippen molar-refractivity contribution in [2.45, 2.75) is 11.4 Å². The zero-order chi connectivity index (χ0) is 26.1. The first-order valence-electron chi connectivity index (χ1n) is 10.6. The molecule has 0 spiro atoms. The summed E-state index contributed by atoms with van der Waals surface area (Å²) in [6, 6.07) is 18.2. The average molecular weight is 509 g/mol. The summed E-state index contributed by atoms with van der Waals surface area (Å²) in [4.78, 5) is 36.0. The molecule has 3 aromatic carbocycles. The van der Waals surface area contributed by atoms with E-state index in [0.29, 0.717) is 5.75 Å². The third-order valence-electron chi connectivity index (χ3n) is 4.92. The van der Waals surface area contributed by atoms with Gasteiger partial charge in [0.2, 0.25) is 5.91 Å². The van der Waals surface area contributed by atoms with E-state index in [1.54, 1.807) is 36.4 Å². The van der Waals surface area contributed by atoms with E-state index in [4.69, 9.17) is 4.74 Å². The molecule has 3 amide bonds. The van der Waals surface area contributed by atoms with Crippen molar-refractivity contribution < 1.29 is 27.5 Å². The van der Waals surface area contributed by atoms with Gasteiger partial charge < -0.3 is 10.1 Å². The lowest BCUT2D eigenvalue weighted by molar-refractivity contribution is -0.116. The van der Waals surface area contributed by atoms with Crippen LogP contribution in [0.1, 0.15) is 26.3 Å². The van der Waals surface area contributed by atoms with Crippen molar-refractivity contribution in [3.63, 3.8) is 0 Å². The molecular formula is C25H24N4O6S. The SMILES string of the molecule is C=CC(=O)NCc1ccc(C(=O)NNC(=O)c2cccc(S(=O)(=O)Nc3ccccc3OC)c2)cc1. The molecule has 11 heteroatoms. The van der Waals surface area contributed by atoms with Gasteiger partial charge in [0.25, 0.3) is 21.8 Å². The smallest absolute Gasteiger partial charge is 0.269 e. The monoisotopic (exact) mass is 508 g/mol. The van der Waals surface area contributed by atoms with Crippen LogP contribution in [0.25, 0.3) is 0 Å². The summed E-state index contributed by atoms with van der Waals surface area (Å²) in [5, 5.41) is 2.62. The van der Waals surface area contributed by atoms with Gasteiger partial charge in [0, 0.05) is 17.7 Å². The summed E-state index contributed by atoms with van der Waals surface area (Å²) in [5.74, 6) is -1.26. The maximum atomic E-state index is 12.8. The number of hydrogen-bond acceptors (Lipinski definition) is 6. The first-order valence-corrected chi connectivity index (χ1v) is 12.1. The second-order valence-corrected chi connectivity index (χ2v) is 9.04. The maximum Gasteiger partial charge on any atom is 0.269 e. The largest absolute Gasteiger partial charge is 0.495 e. The van der Waals surface area contributed by atoms with Gasteiger partial charge in [-0.3, -0.25) is 30.0 Å². The molecule has 0 fully saturated rings. The molecule has 0 saturated carbocycles. The van der Waals surface area contributed by atoms with Crippen molar-refractivity contribution in [2.24, 2.45) is 0 Å². The van der Waals surface area contributed by atoms with Crippen LogP contribution in [-0.4, -0.2) is 33.2 Å². The van der Waals surface area contributed by atoms with Crippen molar-refractivity contribution in [1.82, 2.24) is 16.2 Å². The molecular weight excluding hydrogens is 484 g/mol. The van der Waals surface area contributed by atoms with E-state index in [1.807, 2.05) is 0 Å². The number of benzene rings is 3. The molecule has 0 heterocycles. The molecule has 3 rings (SSSR count). The molecule has 10 nitrogen and oxygen atoms in total. The van der Waals surface area contributed by atoms with Gasteiger partial charge in [-0.15, -0.1) is 0 Å². The minimum absolute atomic E-state index is 0.0199. The topological polar surface area (TPSA) is 143 Å². The molecule has 4 N–H and O–H groups in total. The van der Waals surface area contributed by atoms with Crippen molar-refractivity contribution >= 4 is 33.4 Å². The lowest BCUT2D eigenvalue weighted by atomic mass is 10.1. The van der Waals surface area contributed by atoms with Crippen LogP contribution in [0, 0.1) is 0 Å². The van der Waals surface area contributed by atoms with Gasteiger partial charge in [0.15, 0.2) is 0 Å². The summed E-state index contributed by atoms with van der Waals surface area (Å²) in [5.41, 5.74) is 5.86. The minimum atomic E-state index is -4.02. The summed E-state index contributed by atoms with van der Waals surface area (Å²) in [7, 11) is -2.60. The van der Waals surface area contributed by atoms with E-state index in [1.165, 1.54) is 43.5 Å². The molecule has 0 saturated heterocycles. The minimum Gasteiger partial charge on any atom is -0.495 e. The number of rotatable bonds is 9. The van der Waals surface area contributed by atoms with E-state index in [9.17, 15) is 22.8 Å². The third kappa shape index (κ3) is 6.70. The Morgan fingerprint density at radius 3 is 2.22 bits per heavy atom. The highest BCUT2D eigenvalue weighted by Gasteiger charge is 2.18. The van der Waals surface area contributed by atoms with E-state index < -0.39 is 21.8 Å². The Hall–Kier alpha value is -4.64. The van der Waals surface area contributed by atoms with Crippen LogP contribution in [0.2, 0.25) is 0 Å². The number of carbonyl (C=O) groups excluding carboxylic acids is 3. The molecule has 3 aromatic rings. The van der Waals surface area contributed by atoms with Crippen LogP contribution >= 0.6 is 0 Å². The van der Waals surface area contributed by atoms with Gasteiger partial charge in [0.05, 0.1) is 17.7 Å². The number of carbonyl (C=O) groups is 3. The lowest BCUT2D eigenvalue weighted by Gasteiger charge is -2.12. The highest BCUT2D eigenvalue weighted by Crippen LogP contribution is 2.26. The predicted molar refractivity (Wildman–Crippen MR) is 134 cm³/mol. The van der Waals surface area contributed by atoms with Crippen molar-refractivity contribution in [3.05, 3.63) is 102 Å². The Bertz CT molecular complexity index is 1390. The summed E-state index contributed by atoms with van der Waals surface area (Å²) >= 11 is 0. The Morgan fingerprint density at radius 2 is 1.56 bits per heavy atom. The molecule has 0 unspecified atom stereocenters. The van der Waals surface area contributed by atoms with Gasteiger partial charge in [0.1, 0.15) is 5.75 Å². The summed E-state index contributed by atoms with van der Waals surface area (Å²) in [6.45, 7) is 3.64. The number of amides is 3. The predicted octanol–water partition coefficient (Wildman–Crippen LogP) is 2.37. The molecule has 0 bridgehead atoms. The molecule has 0 atom stereocenters. The molecule has 36 heavy (non-hydrogen) atoms. The molecule has 186 valence electrons. The number of para-hydroxylation sites is 2. The molecule has 0 aliphatic rings. The lowest BCUT2D eigenvalue weighted by Crippen LogP contribution is -2.41. The number of hydrazine groups is 1. The second kappa shape index (κ2) is 11.7. The fourth-order valence-electron chi connectivity index (χ4n) is 3.03. The number of sulfonamides is 1. The fourth-order valence-corrected chi connectivity index (χ4v) is 4.15. The molecule has 0 aromatic heterocycles. The zero-order valence-electron chi connectivity index (χ0n) is 19.3. The van der Waals surface area contributed by atoms with Gasteiger partial charge in [-0.25, -0.2) is 8.42 Å². The molecule has 0 aliphatic heterocycles. The Labute approximate surface area is 208 Å². The van der Waals surface area contributed by atoms with Gasteiger partial charge in [-0.1, -0.05) is 36.9 Å². The highest BCUT2D eigenvalue weighted by atomic mass is 32.2. The second-order valence-electron chi connectivity index (χ2n) is 7.36. The fraction of sp³-hybridized carbons (Fsp3) is 0.0800. The van der Waals surface area contributed by atoms with Crippen LogP contribution in [0.3, 0.4) is 0 Å². The number of ether oxygens (including phenoxy) is 1. The summed E-state index contributed by atoms with van der Waals surface area (Å²) < 4.78 is 33.2. The van der Waals surface area contributed by atoms with Crippen molar-refractivity contribution in [1.29, 1.82) is 0 Å². The number of anilines is 1. The van der Waals surface area contributed by atoms with Gasteiger partial charge in [-0.05, 0) is 54.1 Å². The molecule has 0 aliphatic carbocycles. The molecule has 0 radical (unpaired) electrons. The van der Waals surface area contributed by atoms with E-state index in [0.717, 1.165) is 11.6 Å². The van der Waals surface area contributed by atoms with Crippen LogP contribution in [0.15, 0.2) is 90.3 Å². The van der Waals surface area contributed by atoms with E-state index in [2.05, 4.69) is 27.5 Å². The van der Waals surface area contributed by atoms with Gasteiger partial charge >= 0.3 is 0 Å². The standard InChI is InChI=1S/C25H24N4O6S/c1-3-23(30)26-16-17-11-13-18(14-12-17)24(31)27-28-25(32)19-7-6-8-20(15-19)36(33,34)29-21-9-4-5-10-22(21)35-2/h3-15,29H,1,16H2,2H3,(H,26,30)(H,27,31)(H,28,32). The number of nitrogens with one attached hydrogen (secondary N) is 4. The highest BCUT2D eigenvalue weighted by molar-refractivity contribution is 7.92. The van der Waals surface area contributed by atoms with Crippen molar-refractivity contribution in [2.75, 3.05) is 11.8 Å². The van der Waals surface area contributed by atoms with E-state index >= 15 is 0 Å². The van der Waals surface area contributed by atoms with Gasteiger partial charge in [-0.2, -0.15) is 0 Å².